The van der Waals surface area contributed by atoms with E-state index in [4.69, 9.17) is 19.8 Å². The second-order valence-electron chi connectivity index (χ2n) is 3.44. The number of nitriles is 2. The Kier molecular flexibility index (Phi) is 4.63. The Balaban J connectivity index is 2.03. The quantitative estimate of drug-likeness (QED) is 0.458. The average molecular weight is 379 g/mol. The second-order valence-corrected chi connectivity index (χ2v) is 4.69. The van der Waals surface area contributed by atoms with Gasteiger partial charge in [-0.15, -0.1) is 10.2 Å². The molecule has 0 atom stereocenters. The van der Waals surface area contributed by atoms with Crippen molar-refractivity contribution in [2.24, 2.45) is 5.16 Å². The van der Waals surface area contributed by atoms with Crippen LogP contribution in [0.15, 0.2) is 33.8 Å². The van der Waals surface area contributed by atoms with Crippen LogP contribution in [0.3, 0.4) is 0 Å². The summed E-state index contributed by atoms with van der Waals surface area (Å²) in [6.07, 6.45) is 0. The molecule has 2 aromatic rings. The predicted molar refractivity (Wildman–Crippen MR) is 75.9 cm³/mol. The molecule has 98 valence electrons. The van der Waals surface area contributed by atoms with Gasteiger partial charge in [0.05, 0.1) is 0 Å². The number of hydrogen-bond acceptors (Lipinski definition) is 7. The van der Waals surface area contributed by atoms with Crippen molar-refractivity contribution in [3.8, 4) is 23.6 Å². The highest BCUT2D eigenvalue weighted by atomic mass is 127. The van der Waals surface area contributed by atoms with E-state index in [1.165, 1.54) is 0 Å². The van der Waals surface area contributed by atoms with E-state index in [1.807, 2.05) is 24.3 Å². The molecule has 0 unspecified atom stereocenters. The third kappa shape index (κ3) is 3.52. The largest absolute Gasteiger partial charge is 0.417 e. The molecule has 0 spiro atoms. The molecule has 20 heavy (non-hydrogen) atoms. The molecule has 0 saturated carbocycles. The molecule has 0 aliphatic carbocycles. The number of hydrogen-bond donors (Lipinski definition) is 0. The van der Waals surface area contributed by atoms with E-state index in [0.717, 1.165) is 9.13 Å². The van der Waals surface area contributed by atoms with Gasteiger partial charge in [0.1, 0.15) is 12.1 Å². The van der Waals surface area contributed by atoms with Crippen molar-refractivity contribution < 1.29 is 9.25 Å². The highest BCUT2D eigenvalue weighted by Crippen LogP contribution is 2.19. The standard InChI is InChI=1S/C12H6IN5O2/c13-9-3-1-8(2-4-9)12-17-16-11(20-12)7-19-18-10(5-14)6-15/h1-4H,7H2. The summed E-state index contributed by atoms with van der Waals surface area (Å²) in [5.41, 5.74) is 0.421. The number of benzene rings is 1. The minimum atomic E-state index is -0.373. The van der Waals surface area contributed by atoms with Crippen LogP contribution >= 0.6 is 22.6 Å². The van der Waals surface area contributed by atoms with Gasteiger partial charge in [0.25, 0.3) is 11.6 Å². The molecule has 1 aromatic carbocycles. The normalized spacial score (nSPS) is 9.35. The van der Waals surface area contributed by atoms with Gasteiger partial charge < -0.3 is 9.25 Å². The first-order chi connectivity index (χ1) is 9.72. The topological polar surface area (TPSA) is 108 Å². The van der Waals surface area contributed by atoms with Crippen LogP contribution in [0.2, 0.25) is 0 Å². The minimum Gasteiger partial charge on any atom is -0.417 e. The maximum absolute atomic E-state index is 8.46. The zero-order valence-electron chi connectivity index (χ0n) is 9.95. The number of aromatic nitrogens is 2. The van der Waals surface area contributed by atoms with Crippen molar-refractivity contribution in [2.45, 2.75) is 6.61 Å². The molecule has 7 nitrogen and oxygen atoms in total. The van der Waals surface area contributed by atoms with Gasteiger partial charge in [-0.1, -0.05) is 5.16 Å². The Morgan fingerprint density at radius 3 is 2.60 bits per heavy atom. The van der Waals surface area contributed by atoms with E-state index in [2.05, 4.69) is 37.9 Å². The summed E-state index contributed by atoms with van der Waals surface area (Å²) >= 11 is 2.20. The molecular weight excluding hydrogens is 373 g/mol. The van der Waals surface area contributed by atoms with Crippen LogP contribution in [0.4, 0.5) is 0 Å². The van der Waals surface area contributed by atoms with Crippen LogP contribution in [-0.4, -0.2) is 15.9 Å². The molecular formula is C12H6IN5O2. The summed E-state index contributed by atoms with van der Waals surface area (Å²) < 4.78 is 6.48. The Morgan fingerprint density at radius 2 is 1.95 bits per heavy atom. The highest BCUT2D eigenvalue weighted by Gasteiger charge is 2.08. The molecule has 0 radical (unpaired) electrons. The van der Waals surface area contributed by atoms with Gasteiger partial charge in [0.15, 0.2) is 6.61 Å². The smallest absolute Gasteiger partial charge is 0.257 e. The summed E-state index contributed by atoms with van der Waals surface area (Å²) in [6.45, 7) is -0.107. The van der Waals surface area contributed by atoms with E-state index in [9.17, 15) is 0 Å². The van der Waals surface area contributed by atoms with Crippen LogP contribution in [0.25, 0.3) is 11.5 Å². The van der Waals surface area contributed by atoms with Crippen molar-refractivity contribution in [3.05, 3.63) is 33.7 Å². The lowest BCUT2D eigenvalue weighted by molar-refractivity contribution is 0.112. The molecule has 0 bridgehead atoms. The lowest BCUT2D eigenvalue weighted by atomic mass is 10.2. The zero-order chi connectivity index (χ0) is 14.4. The molecule has 0 aliphatic rings. The van der Waals surface area contributed by atoms with Crippen molar-refractivity contribution in [1.82, 2.24) is 10.2 Å². The Bertz CT molecular complexity index is 693. The van der Waals surface area contributed by atoms with E-state index in [-0.39, 0.29) is 18.2 Å². The molecule has 2 rings (SSSR count). The maximum atomic E-state index is 8.46. The van der Waals surface area contributed by atoms with E-state index in [0.29, 0.717) is 5.89 Å². The number of halogens is 1. The van der Waals surface area contributed by atoms with Gasteiger partial charge in [-0.25, -0.2) is 0 Å². The number of oxime groups is 1. The predicted octanol–water partition coefficient (Wildman–Crippen LogP) is 2.26. The summed E-state index contributed by atoms with van der Waals surface area (Å²) in [5.74, 6) is 0.572. The summed E-state index contributed by atoms with van der Waals surface area (Å²) in [5, 5.41) is 27.9. The van der Waals surface area contributed by atoms with Crippen LogP contribution < -0.4 is 0 Å². The minimum absolute atomic E-state index is 0.107. The van der Waals surface area contributed by atoms with Crippen LogP contribution in [0.5, 0.6) is 0 Å². The van der Waals surface area contributed by atoms with Crippen molar-refractivity contribution >= 4 is 28.3 Å². The molecule has 0 saturated heterocycles. The van der Waals surface area contributed by atoms with Crippen molar-refractivity contribution in [1.29, 1.82) is 10.5 Å². The van der Waals surface area contributed by atoms with E-state index >= 15 is 0 Å². The first-order valence-electron chi connectivity index (χ1n) is 5.31. The Morgan fingerprint density at radius 1 is 1.25 bits per heavy atom. The second kappa shape index (κ2) is 6.63. The third-order valence-electron chi connectivity index (χ3n) is 2.11. The fourth-order valence-electron chi connectivity index (χ4n) is 1.24. The van der Waals surface area contributed by atoms with Crippen LogP contribution in [0, 0.1) is 26.2 Å². The summed E-state index contributed by atoms with van der Waals surface area (Å²) in [6, 6.07) is 10.7. The average Bonchev–Trinajstić information content (AvgIpc) is 2.93. The molecule has 1 heterocycles. The number of nitrogens with zero attached hydrogens (tertiary/aromatic N) is 5. The Labute approximate surface area is 127 Å². The van der Waals surface area contributed by atoms with Gasteiger partial charge in [-0.3, -0.25) is 0 Å². The fraction of sp³-hybridized carbons (Fsp3) is 0.0833. The van der Waals surface area contributed by atoms with Gasteiger partial charge in [0.2, 0.25) is 5.89 Å². The van der Waals surface area contributed by atoms with Crippen molar-refractivity contribution in [2.75, 3.05) is 0 Å². The van der Waals surface area contributed by atoms with Crippen LogP contribution in [0.1, 0.15) is 5.89 Å². The molecule has 0 amide bonds. The van der Waals surface area contributed by atoms with E-state index in [1.54, 1.807) is 12.1 Å². The summed E-state index contributed by atoms with van der Waals surface area (Å²) in [7, 11) is 0. The number of rotatable bonds is 4. The SMILES string of the molecule is N#CC(C#N)=NOCc1nnc(-c2ccc(I)cc2)o1. The van der Waals surface area contributed by atoms with Gasteiger partial charge in [0, 0.05) is 9.13 Å². The molecule has 1 aromatic heterocycles. The van der Waals surface area contributed by atoms with Crippen LogP contribution in [-0.2, 0) is 11.4 Å². The van der Waals surface area contributed by atoms with Gasteiger partial charge in [-0.05, 0) is 46.9 Å². The van der Waals surface area contributed by atoms with E-state index < -0.39 is 0 Å². The summed E-state index contributed by atoms with van der Waals surface area (Å²) in [4.78, 5) is 4.78. The Hall–Kier alpha value is -2.46. The zero-order valence-corrected chi connectivity index (χ0v) is 12.1. The highest BCUT2D eigenvalue weighted by molar-refractivity contribution is 14.1. The first-order valence-corrected chi connectivity index (χ1v) is 6.39. The first kappa shape index (κ1) is 14.0. The molecule has 0 N–H and O–H groups in total. The molecule has 8 heteroatoms. The lowest BCUT2D eigenvalue weighted by Gasteiger charge is -1.95. The lowest BCUT2D eigenvalue weighted by Crippen LogP contribution is -1.93. The molecule has 0 aliphatic heterocycles. The maximum Gasteiger partial charge on any atom is 0.257 e. The van der Waals surface area contributed by atoms with Crippen molar-refractivity contribution in [3.63, 3.8) is 0 Å². The van der Waals surface area contributed by atoms with Gasteiger partial charge in [-0.2, -0.15) is 10.5 Å². The fourth-order valence-corrected chi connectivity index (χ4v) is 1.60. The molecule has 0 fully saturated rings. The monoisotopic (exact) mass is 379 g/mol. The van der Waals surface area contributed by atoms with Gasteiger partial charge >= 0.3 is 0 Å². The third-order valence-corrected chi connectivity index (χ3v) is 2.83.